The molecule has 3 amide bonds. The third kappa shape index (κ3) is 2.98. The fourth-order valence-corrected chi connectivity index (χ4v) is 0.548. The van der Waals surface area contributed by atoms with Crippen LogP contribution in [0.5, 0.6) is 0 Å². The molecule has 0 aromatic rings. The summed E-state index contributed by atoms with van der Waals surface area (Å²) in [7, 11) is 2.23. The van der Waals surface area contributed by atoms with E-state index in [4.69, 9.17) is 15.3 Å². The Kier molecular flexibility index (Phi) is 4.32. The van der Waals surface area contributed by atoms with Crippen molar-refractivity contribution in [2.75, 3.05) is 20.7 Å². The van der Waals surface area contributed by atoms with Crippen molar-refractivity contribution in [2.45, 2.75) is 6.41 Å². The van der Waals surface area contributed by atoms with Gasteiger partial charge >= 0.3 is 6.03 Å². The maximum absolute atomic E-state index is 11.1. The van der Waals surface area contributed by atoms with Crippen molar-refractivity contribution >= 4 is 11.9 Å². The minimum Gasteiger partial charge on any atom is -0.387 e. The van der Waals surface area contributed by atoms with Crippen LogP contribution in [0.15, 0.2) is 0 Å². The van der Waals surface area contributed by atoms with E-state index < -0.39 is 25.0 Å². The molecule has 0 aliphatic heterocycles. The second kappa shape index (κ2) is 4.75. The molecule has 7 nitrogen and oxygen atoms in total. The van der Waals surface area contributed by atoms with Crippen molar-refractivity contribution < 1.29 is 24.9 Å². The highest BCUT2D eigenvalue weighted by molar-refractivity contribution is 5.94. The fourth-order valence-electron chi connectivity index (χ4n) is 0.548. The number of aliphatic hydroxyl groups is 3. The number of hydrogen-bond acceptors (Lipinski definition) is 5. The third-order valence-corrected chi connectivity index (χ3v) is 1.44. The van der Waals surface area contributed by atoms with Crippen LogP contribution in [0.3, 0.4) is 0 Å². The predicted octanol–water partition coefficient (Wildman–Crippen LogP) is -2.24. The normalized spacial score (nSPS) is 10.0. The number of hydrogen-bond donors (Lipinski definition) is 3. The lowest BCUT2D eigenvalue weighted by atomic mass is 10.5. The zero-order valence-electron chi connectivity index (χ0n) is 7.34. The fraction of sp³-hybridized carbons (Fsp3) is 0.667. The van der Waals surface area contributed by atoms with Gasteiger partial charge in [0.15, 0.2) is 0 Å². The molecule has 7 heteroatoms. The maximum atomic E-state index is 11.1. The first-order valence-electron chi connectivity index (χ1n) is 3.42. The Labute approximate surface area is 74.8 Å². The molecule has 0 aromatic heterocycles. The smallest absolute Gasteiger partial charge is 0.330 e. The van der Waals surface area contributed by atoms with E-state index in [-0.39, 0.29) is 0 Å². The Morgan fingerprint density at radius 3 is 2.08 bits per heavy atom. The van der Waals surface area contributed by atoms with E-state index in [0.29, 0.717) is 9.80 Å². The highest BCUT2D eigenvalue weighted by Gasteiger charge is 2.22. The van der Waals surface area contributed by atoms with E-state index >= 15 is 0 Å². The molecule has 3 N–H and O–H groups in total. The molecule has 0 saturated heterocycles. The van der Waals surface area contributed by atoms with E-state index in [9.17, 15) is 9.59 Å². The van der Waals surface area contributed by atoms with E-state index in [2.05, 4.69) is 0 Å². The lowest BCUT2D eigenvalue weighted by molar-refractivity contribution is -0.138. The van der Waals surface area contributed by atoms with Gasteiger partial charge in [0.1, 0.15) is 6.61 Å². The molecule has 0 fully saturated rings. The van der Waals surface area contributed by atoms with Gasteiger partial charge in [0.25, 0.3) is 5.91 Å². The van der Waals surface area contributed by atoms with Crippen LogP contribution in [0.1, 0.15) is 0 Å². The number of nitrogens with zero attached hydrogens (tertiary/aromatic N) is 2. The number of imide groups is 1. The van der Waals surface area contributed by atoms with E-state index in [1.54, 1.807) is 0 Å². The SMILES string of the molecule is CN(C(=O)CO)C(=O)N(C)C(O)O. The first kappa shape index (κ1) is 11.8. The van der Waals surface area contributed by atoms with Crippen molar-refractivity contribution in [3.05, 3.63) is 0 Å². The minimum atomic E-state index is -1.97. The molecule has 0 saturated carbocycles. The molecule has 76 valence electrons. The Morgan fingerprint density at radius 2 is 1.77 bits per heavy atom. The Bertz CT molecular complexity index is 205. The molecule has 0 atom stereocenters. The summed E-state index contributed by atoms with van der Waals surface area (Å²) in [6.07, 6.45) is -1.97. The molecule has 0 spiro atoms. The largest absolute Gasteiger partial charge is 0.387 e. The summed E-state index contributed by atoms with van der Waals surface area (Å²) >= 11 is 0. The van der Waals surface area contributed by atoms with Gasteiger partial charge in [0, 0.05) is 14.1 Å². The van der Waals surface area contributed by atoms with Gasteiger partial charge in [-0.15, -0.1) is 0 Å². The predicted molar refractivity (Wildman–Crippen MR) is 41.2 cm³/mol. The van der Waals surface area contributed by atoms with E-state index in [1.165, 1.54) is 0 Å². The monoisotopic (exact) mass is 192 g/mol. The van der Waals surface area contributed by atoms with E-state index in [0.717, 1.165) is 14.1 Å². The standard InChI is InChI=1S/C6H12N2O5/c1-7(4(10)3-9)5(11)8(2)6(12)13/h6,9,12-13H,3H2,1-2H3. The van der Waals surface area contributed by atoms with Crippen LogP contribution in [-0.2, 0) is 4.79 Å². The van der Waals surface area contributed by atoms with Crippen molar-refractivity contribution in [2.24, 2.45) is 0 Å². The Morgan fingerprint density at radius 1 is 1.31 bits per heavy atom. The summed E-state index contributed by atoms with van der Waals surface area (Å²) in [6, 6.07) is -0.908. The lowest BCUT2D eigenvalue weighted by Gasteiger charge is -2.23. The van der Waals surface area contributed by atoms with Crippen LogP contribution < -0.4 is 0 Å². The Hall–Kier alpha value is -1.18. The zero-order valence-corrected chi connectivity index (χ0v) is 7.34. The van der Waals surface area contributed by atoms with E-state index in [1.807, 2.05) is 0 Å². The molecule has 0 unspecified atom stereocenters. The molecule has 13 heavy (non-hydrogen) atoms. The molecule has 0 rings (SSSR count). The molecular weight excluding hydrogens is 180 g/mol. The molecule has 0 radical (unpaired) electrons. The van der Waals surface area contributed by atoms with Gasteiger partial charge in [-0.1, -0.05) is 0 Å². The topological polar surface area (TPSA) is 101 Å². The number of amides is 3. The average Bonchev–Trinajstić information content (AvgIpc) is 2.12. The minimum absolute atomic E-state index is 0.535. The third-order valence-electron chi connectivity index (χ3n) is 1.44. The summed E-state index contributed by atoms with van der Waals surface area (Å²) in [5, 5.41) is 25.5. The molecule has 0 aliphatic rings. The van der Waals surface area contributed by atoms with Crippen LogP contribution in [0.25, 0.3) is 0 Å². The van der Waals surface area contributed by atoms with Crippen LogP contribution in [0, 0.1) is 0 Å². The number of carbonyl (C=O) groups excluding carboxylic acids is 2. The quantitative estimate of drug-likeness (QED) is 0.429. The van der Waals surface area contributed by atoms with Gasteiger partial charge < -0.3 is 15.3 Å². The first-order chi connectivity index (χ1) is 5.91. The Balaban J connectivity index is 4.34. The summed E-state index contributed by atoms with van der Waals surface area (Å²) < 4.78 is 0. The number of likely N-dealkylation sites (N-methyl/N-ethyl adjacent to an activating group) is 1. The van der Waals surface area contributed by atoms with Crippen LogP contribution >= 0.6 is 0 Å². The molecule has 0 bridgehead atoms. The van der Waals surface area contributed by atoms with Crippen LogP contribution in [-0.4, -0.2) is 64.2 Å². The van der Waals surface area contributed by atoms with Gasteiger partial charge in [0.2, 0.25) is 6.41 Å². The van der Waals surface area contributed by atoms with Gasteiger partial charge in [-0.2, -0.15) is 0 Å². The number of urea groups is 1. The first-order valence-corrected chi connectivity index (χ1v) is 3.42. The molecule has 0 heterocycles. The average molecular weight is 192 g/mol. The summed E-state index contributed by atoms with van der Waals surface area (Å²) in [5.74, 6) is -0.822. The zero-order chi connectivity index (χ0) is 10.6. The second-order valence-corrected chi connectivity index (χ2v) is 2.35. The molecule has 0 aromatic carbocycles. The second-order valence-electron chi connectivity index (χ2n) is 2.35. The van der Waals surface area contributed by atoms with Gasteiger partial charge in [-0.25, -0.2) is 4.79 Å². The lowest BCUT2D eigenvalue weighted by Crippen LogP contribution is -2.47. The highest BCUT2D eigenvalue weighted by Crippen LogP contribution is 1.96. The summed E-state index contributed by atoms with van der Waals surface area (Å²) in [5.41, 5.74) is 0. The van der Waals surface area contributed by atoms with Crippen LogP contribution in [0.4, 0.5) is 4.79 Å². The number of aliphatic hydroxyl groups excluding tert-OH is 2. The molecule has 0 aliphatic carbocycles. The number of carbonyl (C=O) groups is 2. The molecular formula is C6H12N2O5. The highest BCUT2D eigenvalue weighted by atomic mass is 16.5. The van der Waals surface area contributed by atoms with Gasteiger partial charge in [0.05, 0.1) is 0 Å². The van der Waals surface area contributed by atoms with Crippen molar-refractivity contribution in [1.82, 2.24) is 9.80 Å². The van der Waals surface area contributed by atoms with Crippen molar-refractivity contribution in [3.8, 4) is 0 Å². The summed E-state index contributed by atoms with van der Waals surface area (Å²) in [4.78, 5) is 22.9. The maximum Gasteiger partial charge on any atom is 0.330 e. The van der Waals surface area contributed by atoms with Crippen molar-refractivity contribution in [1.29, 1.82) is 0 Å². The van der Waals surface area contributed by atoms with Crippen LogP contribution in [0.2, 0.25) is 0 Å². The number of rotatable bonds is 2. The van der Waals surface area contributed by atoms with Gasteiger partial charge in [-0.05, 0) is 0 Å². The van der Waals surface area contributed by atoms with Gasteiger partial charge in [-0.3, -0.25) is 14.6 Å². The summed E-state index contributed by atoms with van der Waals surface area (Å²) in [6.45, 7) is -0.808. The van der Waals surface area contributed by atoms with Crippen molar-refractivity contribution in [3.63, 3.8) is 0 Å².